The monoisotopic (exact) mass is 256 g/mol. The fraction of sp³-hybridized carbons (Fsp3) is 0.500. The number of hydrogen-bond donors (Lipinski definition) is 1. The Morgan fingerprint density at radius 1 is 1.50 bits per heavy atom. The predicted octanol–water partition coefficient (Wildman–Crippen LogP) is 2.30. The van der Waals surface area contributed by atoms with Crippen LogP contribution in [0.2, 0.25) is 0 Å². The molecule has 0 radical (unpaired) electrons. The molecule has 1 aromatic heterocycles. The molecule has 1 aromatic rings. The summed E-state index contributed by atoms with van der Waals surface area (Å²) in [5.41, 5.74) is -0.471. The van der Waals surface area contributed by atoms with Crippen LogP contribution in [0.1, 0.15) is 39.4 Å². The van der Waals surface area contributed by atoms with Crippen LogP contribution in [0.4, 0.5) is 9.18 Å². The Hall–Kier alpha value is -1.85. The summed E-state index contributed by atoms with van der Waals surface area (Å²) in [5.74, 6) is -0.654. The predicted molar refractivity (Wildman–Crippen MR) is 63.4 cm³/mol. The van der Waals surface area contributed by atoms with Crippen LogP contribution in [0.25, 0.3) is 0 Å². The van der Waals surface area contributed by atoms with E-state index in [2.05, 4.69) is 0 Å². The van der Waals surface area contributed by atoms with E-state index < -0.39 is 23.5 Å². The number of hydrogen-bond acceptors (Lipinski definition) is 2. The van der Waals surface area contributed by atoms with Crippen LogP contribution in [-0.4, -0.2) is 21.6 Å². The molecular formula is C12H17FN2O3. The third-order valence-corrected chi connectivity index (χ3v) is 2.65. The lowest BCUT2D eigenvalue weighted by Crippen LogP contribution is -2.49. The molecule has 0 saturated heterocycles. The lowest BCUT2D eigenvalue weighted by Gasteiger charge is -2.36. The van der Waals surface area contributed by atoms with E-state index in [1.165, 1.54) is 6.07 Å². The number of halogens is 1. The van der Waals surface area contributed by atoms with Gasteiger partial charge in [0.05, 0.1) is 0 Å². The highest BCUT2D eigenvalue weighted by Crippen LogP contribution is 2.26. The van der Waals surface area contributed by atoms with E-state index >= 15 is 0 Å². The van der Waals surface area contributed by atoms with E-state index in [0.29, 0.717) is 4.73 Å². The van der Waals surface area contributed by atoms with Gasteiger partial charge in [-0.1, -0.05) is 0 Å². The number of amides is 1. The van der Waals surface area contributed by atoms with Crippen molar-refractivity contribution >= 4 is 6.09 Å². The van der Waals surface area contributed by atoms with Gasteiger partial charge in [0.1, 0.15) is 6.04 Å². The Labute approximate surface area is 105 Å². The molecule has 0 bridgehead atoms. The van der Waals surface area contributed by atoms with E-state index in [1.807, 2.05) is 0 Å². The fourth-order valence-electron chi connectivity index (χ4n) is 1.96. The zero-order chi connectivity index (χ0) is 14.1. The van der Waals surface area contributed by atoms with Crippen molar-refractivity contribution in [2.45, 2.75) is 39.3 Å². The maximum absolute atomic E-state index is 12.9. The maximum Gasteiger partial charge on any atom is 0.408 e. The first kappa shape index (κ1) is 14.2. The topological polar surface area (TPSA) is 67.5 Å². The minimum absolute atomic E-state index is 0.189. The van der Waals surface area contributed by atoms with Gasteiger partial charge in [0, 0.05) is 11.6 Å². The van der Waals surface area contributed by atoms with Gasteiger partial charge in [0.2, 0.25) is 11.9 Å². The van der Waals surface area contributed by atoms with Gasteiger partial charge in [-0.15, -0.1) is 0 Å². The third-order valence-electron chi connectivity index (χ3n) is 2.65. The average molecular weight is 256 g/mol. The lowest BCUT2D eigenvalue weighted by molar-refractivity contribution is -0.618. The molecule has 1 amide bonds. The van der Waals surface area contributed by atoms with Crippen LogP contribution in [0.5, 0.6) is 0 Å². The zero-order valence-electron chi connectivity index (χ0n) is 10.8. The SMILES string of the molecule is C[C@H](c1ccc(F)c[n+]1[O-])N(C(=O)O)C(C)(C)C. The highest BCUT2D eigenvalue weighted by atomic mass is 19.1. The van der Waals surface area contributed by atoms with Gasteiger partial charge in [0.25, 0.3) is 0 Å². The van der Waals surface area contributed by atoms with Crippen molar-refractivity contribution in [3.63, 3.8) is 0 Å². The molecule has 0 aromatic carbocycles. The quantitative estimate of drug-likeness (QED) is 0.652. The molecular weight excluding hydrogens is 239 g/mol. The second-order valence-corrected chi connectivity index (χ2v) is 5.10. The van der Waals surface area contributed by atoms with Crippen molar-refractivity contribution in [3.05, 3.63) is 35.0 Å². The Morgan fingerprint density at radius 3 is 2.44 bits per heavy atom. The van der Waals surface area contributed by atoms with Crippen LogP contribution >= 0.6 is 0 Å². The Morgan fingerprint density at radius 2 is 2.06 bits per heavy atom. The maximum atomic E-state index is 12.9. The van der Waals surface area contributed by atoms with Gasteiger partial charge < -0.3 is 10.3 Å². The largest absolute Gasteiger partial charge is 0.618 e. The normalized spacial score (nSPS) is 13.2. The summed E-state index contributed by atoms with van der Waals surface area (Å²) in [6, 6.07) is 1.78. The van der Waals surface area contributed by atoms with Gasteiger partial charge in [-0.05, 0) is 33.8 Å². The molecule has 1 rings (SSSR count). The molecule has 5 nitrogen and oxygen atoms in total. The molecule has 0 aliphatic rings. The highest BCUT2D eigenvalue weighted by Gasteiger charge is 2.35. The third kappa shape index (κ3) is 2.88. The van der Waals surface area contributed by atoms with Crippen LogP contribution in [0, 0.1) is 11.0 Å². The second kappa shape index (κ2) is 4.80. The van der Waals surface area contributed by atoms with Crippen molar-refractivity contribution in [2.75, 3.05) is 0 Å². The van der Waals surface area contributed by atoms with Crippen LogP contribution in [0.3, 0.4) is 0 Å². The number of carboxylic acid groups (broad SMARTS) is 1. The molecule has 0 aliphatic carbocycles. The minimum atomic E-state index is -1.13. The summed E-state index contributed by atoms with van der Waals surface area (Å²) < 4.78 is 13.2. The molecule has 0 fully saturated rings. The summed E-state index contributed by atoms with van der Waals surface area (Å²) in [4.78, 5) is 12.4. The minimum Gasteiger partial charge on any atom is -0.618 e. The first-order valence-electron chi connectivity index (χ1n) is 5.55. The number of aromatic nitrogens is 1. The summed E-state index contributed by atoms with van der Waals surface area (Å²) >= 11 is 0. The average Bonchev–Trinajstić information content (AvgIpc) is 2.13. The van der Waals surface area contributed by atoms with Crippen LogP contribution in [-0.2, 0) is 0 Å². The van der Waals surface area contributed by atoms with E-state index in [9.17, 15) is 19.5 Å². The summed E-state index contributed by atoms with van der Waals surface area (Å²) in [5, 5.41) is 20.8. The van der Waals surface area contributed by atoms with Crippen molar-refractivity contribution < 1.29 is 19.0 Å². The summed E-state index contributed by atoms with van der Waals surface area (Å²) in [7, 11) is 0. The smallest absolute Gasteiger partial charge is 0.408 e. The molecule has 0 saturated carbocycles. The molecule has 0 aliphatic heterocycles. The van der Waals surface area contributed by atoms with Crippen molar-refractivity contribution in [1.82, 2.24) is 4.90 Å². The molecule has 6 heteroatoms. The number of pyridine rings is 1. The van der Waals surface area contributed by atoms with Crippen molar-refractivity contribution in [2.24, 2.45) is 0 Å². The summed E-state index contributed by atoms with van der Waals surface area (Å²) in [6.45, 7) is 6.80. The van der Waals surface area contributed by atoms with E-state index in [1.54, 1.807) is 27.7 Å². The Kier molecular flexibility index (Phi) is 3.79. The fourth-order valence-corrected chi connectivity index (χ4v) is 1.96. The molecule has 100 valence electrons. The van der Waals surface area contributed by atoms with E-state index in [-0.39, 0.29) is 5.69 Å². The Bertz CT molecular complexity index is 457. The van der Waals surface area contributed by atoms with Gasteiger partial charge in [-0.2, -0.15) is 4.73 Å². The molecule has 1 atom stereocenters. The summed E-state index contributed by atoms with van der Waals surface area (Å²) in [6.07, 6.45) is -0.339. The van der Waals surface area contributed by atoms with Crippen LogP contribution < -0.4 is 4.73 Å². The molecule has 0 unspecified atom stereocenters. The van der Waals surface area contributed by atoms with Gasteiger partial charge >= 0.3 is 6.09 Å². The second-order valence-electron chi connectivity index (χ2n) is 5.10. The van der Waals surface area contributed by atoms with Gasteiger partial charge in [0.15, 0.2) is 5.82 Å². The molecule has 18 heavy (non-hydrogen) atoms. The van der Waals surface area contributed by atoms with E-state index in [0.717, 1.165) is 17.2 Å². The van der Waals surface area contributed by atoms with Gasteiger partial charge in [-0.3, -0.25) is 4.90 Å². The molecule has 1 heterocycles. The number of nitrogens with zero attached hydrogens (tertiary/aromatic N) is 2. The molecule has 1 N–H and O–H groups in total. The first-order valence-corrected chi connectivity index (χ1v) is 5.55. The number of carbonyl (C=O) groups is 1. The van der Waals surface area contributed by atoms with Gasteiger partial charge in [-0.25, -0.2) is 9.18 Å². The van der Waals surface area contributed by atoms with Crippen molar-refractivity contribution in [1.29, 1.82) is 0 Å². The van der Waals surface area contributed by atoms with Crippen molar-refractivity contribution in [3.8, 4) is 0 Å². The number of rotatable bonds is 2. The lowest BCUT2D eigenvalue weighted by atomic mass is 10.0. The Balaban J connectivity index is 3.18. The first-order chi connectivity index (χ1) is 8.14. The van der Waals surface area contributed by atoms with Crippen LogP contribution in [0.15, 0.2) is 18.3 Å². The standard InChI is InChI=1S/C12H17FN2O3/c1-8(15(11(16)17)12(2,3)4)10-6-5-9(13)7-14(10)18/h5-8H,1-4H3,(H,16,17)/t8-/m1/s1. The highest BCUT2D eigenvalue weighted by molar-refractivity contribution is 5.66. The van der Waals surface area contributed by atoms with E-state index in [4.69, 9.17) is 0 Å². The zero-order valence-corrected chi connectivity index (χ0v) is 10.8. The molecule has 0 spiro atoms.